The Bertz CT molecular complexity index is 1040. The van der Waals surface area contributed by atoms with Gasteiger partial charge in [0.2, 0.25) is 0 Å². The molecule has 0 bridgehead atoms. The first kappa shape index (κ1) is 24.8. The molecule has 2 aromatic rings. The molecule has 0 saturated carbocycles. The SMILES string of the molecule is CN(CCNC(=O)c1ccc(F)c(F)c1Nc1ccc(I)cc1F)C(=O)OCC#CBr. The lowest BCUT2D eigenvalue weighted by atomic mass is 10.1. The molecule has 0 aromatic heterocycles. The van der Waals surface area contributed by atoms with E-state index in [0.29, 0.717) is 3.57 Å². The number of nitrogens with one attached hydrogen (secondary N) is 2. The zero-order chi connectivity index (χ0) is 23.0. The van der Waals surface area contributed by atoms with E-state index in [9.17, 15) is 22.8 Å². The fourth-order valence-electron chi connectivity index (χ4n) is 2.35. The lowest BCUT2D eigenvalue weighted by Crippen LogP contribution is -2.36. The number of anilines is 2. The summed E-state index contributed by atoms with van der Waals surface area (Å²) in [5.74, 6) is -1.44. The lowest BCUT2D eigenvalue weighted by Gasteiger charge is -2.17. The van der Waals surface area contributed by atoms with E-state index >= 15 is 0 Å². The quantitative estimate of drug-likeness (QED) is 0.356. The number of hydrogen-bond donors (Lipinski definition) is 2. The number of nitrogens with zero attached hydrogens (tertiary/aromatic N) is 1. The van der Waals surface area contributed by atoms with E-state index in [-0.39, 0.29) is 30.9 Å². The molecule has 2 N–H and O–H groups in total. The second-order valence-electron chi connectivity index (χ2n) is 6.04. The van der Waals surface area contributed by atoms with Crippen molar-refractivity contribution in [3.8, 4) is 10.8 Å². The predicted molar refractivity (Wildman–Crippen MR) is 122 cm³/mol. The van der Waals surface area contributed by atoms with Gasteiger partial charge in [-0.1, -0.05) is 0 Å². The normalized spacial score (nSPS) is 10.0. The van der Waals surface area contributed by atoms with Gasteiger partial charge in [0, 0.05) is 39.6 Å². The zero-order valence-corrected chi connectivity index (χ0v) is 19.8. The van der Waals surface area contributed by atoms with Crippen LogP contribution in [0.4, 0.5) is 29.3 Å². The summed E-state index contributed by atoms with van der Waals surface area (Å²) in [7, 11) is 1.46. The Labute approximate surface area is 198 Å². The van der Waals surface area contributed by atoms with Crippen molar-refractivity contribution in [3.63, 3.8) is 0 Å². The Balaban J connectivity index is 2.09. The molecule has 2 rings (SSSR count). The maximum Gasteiger partial charge on any atom is 0.410 e. The number of likely N-dealkylation sites (N-methyl/N-ethyl adjacent to an activating group) is 1. The highest BCUT2D eigenvalue weighted by atomic mass is 127. The number of hydrogen-bond acceptors (Lipinski definition) is 4. The molecule has 0 aliphatic rings. The summed E-state index contributed by atoms with van der Waals surface area (Å²) in [6.07, 6.45) is -0.645. The summed E-state index contributed by atoms with van der Waals surface area (Å²) in [6.45, 7) is -0.00481. The van der Waals surface area contributed by atoms with Crippen molar-refractivity contribution < 1.29 is 27.5 Å². The summed E-state index contributed by atoms with van der Waals surface area (Å²) in [4.78, 5) is 27.9. The molecule has 0 spiro atoms. The van der Waals surface area contributed by atoms with Crippen LogP contribution in [0.1, 0.15) is 10.4 Å². The molecule has 0 aliphatic carbocycles. The molecular weight excluding hydrogens is 594 g/mol. The van der Waals surface area contributed by atoms with Crippen LogP contribution in [0.25, 0.3) is 0 Å². The summed E-state index contributed by atoms with van der Waals surface area (Å²) in [5.41, 5.74) is -0.846. The van der Waals surface area contributed by atoms with Crippen molar-refractivity contribution in [1.82, 2.24) is 10.2 Å². The molecular formula is C20H16BrF3IN3O3. The molecule has 0 atom stereocenters. The van der Waals surface area contributed by atoms with Crippen molar-refractivity contribution >= 4 is 61.9 Å². The molecule has 2 amide bonds. The van der Waals surface area contributed by atoms with Gasteiger partial charge in [0.1, 0.15) is 5.82 Å². The number of carbonyl (C=O) groups is 2. The van der Waals surface area contributed by atoms with Crippen LogP contribution < -0.4 is 10.6 Å². The van der Waals surface area contributed by atoms with Gasteiger partial charge in [-0.25, -0.2) is 18.0 Å². The van der Waals surface area contributed by atoms with Gasteiger partial charge in [0.25, 0.3) is 5.91 Å². The van der Waals surface area contributed by atoms with Crippen LogP contribution in [-0.2, 0) is 4.74 Å². The van der Waals surface area contributed by atoms with Gasteiger partial charge >= 0.3 is 6.09 Å². The highest BCUT2D eigenvalue weighted by molar-refractivity contribution is 14.1. The molecule has 0 heterocycles. The number of carbonyl (C=O) groups excluding carboxylic acids is 2. The second-order valence-corrected chi connectivity index (χ2v) is 7.68. The van der Waals surface area contributed by atoms with Gasteiger partial charge in [-0.15, -0.1) is 0 Å². The standard InChI is InChI=1S/C20H16BrF3IN3O3/c1-28(20(30)31-10-2-7-21)9-8-26-19(29)13-4-5-14(22)17(24)18(13)27-16-6-3-12(25)11-15(16)23/h3-6,11,27H,8-10H2,1H3,(H,26,29). The second kappa shape index (κ2) is 11.8. The number of ether oxygens (including phenoxy) is 1. The van der Waals surface area contributed by atoms with Gasteiger partial charge in [0.05, 0.1) is 16.9 Å². The third kappa shape index (κ3) is 7.03. The summed E-state index contributed by atoms with van der Waals surface area (Å²) in [5, 5.41) is 4.95. The van der Waals surface area contributed by atoms with Gasteiger partial charge in [-0.2, -0.15) is 0 Å². The fraction of sp³-hybridized carbons (Fsp3) is 0.200. The molecule has 0 aliphatic heterocycles. The molecule has 2 aromatic carbocycles. The van der Waals surface area contributed by atoms with E-state index in [4.69, 9.17) is 4.74 Å². The van der Waals surface area contributed by atoms with Gasteiger partial charge in [-0.3, -0.25) is 4.79 Å². The lowest BCUT2D eigenvalue weighted by molar-refractivity contribution is 0.0941. The van der Waals surface area contributed by atoms with E-state index < -0.39 is 35.1 Å². The number of rotatable bonds is 7. The molecule has 164 valence electrons. The maximum absolute atomic E-state index is 14.4. The average Bonchev–Trinajstić information content (AvgIpc) is 2.73. The van der Waals surface area contributed by atoms with Crippen molar-refractivity contribution in [3.05, 3.63) is 56.9 Å². The van der Waals surface area contributed by atoms with Crippen LogP contribution in [0.3, 0.4) is 0 Å². The van der Waals surface area contributed by atoms with Crippen molar-refractivity contribution in [2.24, 2.45) is 0 Å². The summed E-state index contributed by atoms with van der Waals surface area (Å²) < 4.78 is 47.7. The van der Waals surface area contributed by atoms with Gasteiger partial charge in [0.15, 0.2) is 18.2 Å². The first-order valence-corrected chi connectivity index (χ1v) is 10.6. The summed E-state index contributed by atoms with van der Waals surface area (Å²) in [6, 6.07) is 6.01. The van der Waals surface area contributed by atoms with E-state index in [2.05, 4.69) is 37.3 Å². The third-order valence-corrected chi connectivity index (χ3v) is 4.86. The average molecular weight is 610 g/mol. The zero-order valence-electron chi connectivity index (χ0n) is 16.1. The van der Waals surface area contributed by atoms with E-state index in [0.717, 1.165) is 12.1 Å². The van der Waals surface area contributed by atoms with Crippen LogP contribution in [-0.4, -0.2) is 43.6 Å². The Morgan fingerprint density at radius 3 is 2.61 bits per heavy atom. The van der Waals surface area contributed by atoms with E-state index in [1.165, 1.54) is 24.1 Å². The van der Waals surface area contributed by atoms with Crippen LogP contribution in [0, 0.1) is 31.8 Å². The molecule has 0 radical (unpaired) electrons. The van der Waals surface area contributed by atoms with Crippen molar-refractivity contribution in [2.45, 2.75) is 0 Å². The number of halogens is 5. The Hall–Kier alpha value is -2.46. The third-order valence-electron chi connectivity index (χ3n) is 3.91. The minimum atomic E-state index is -1.32. The highest BCUT2D eigenvalue weighted by Crippen LogP contribution is 2.28. The Morgan fingerprint density at radius 2 is 1.94 bits per heavy atom. The first-order chi connectivity index (χ1) is 14.7. The van der Waals surface area contributed by atoms with Gasteiger partial charge in [-0.05, 0) is 63.7 Å². The number of amides is 2. The molecule has 0 saturated heterocycles. The Kier molecular flexibility index (Phi) is 9.44. The molecule has 11 heteroatoms. The van der Waals surface area contributed by atoms with E-state index in [1.54, 1.807) is 6.07 Å². The molecule has 0 unspecified atom stereocenters. The largest absolute Gasteiger partial charge is 0.436 e. The van der Waals surface area contributed by atoms with Crippen LogP contribution in [0.5, 0.6) is 0 Å². The van der Waals surface area contributed by atoms with Crippen LogP contribution >= 0.6 is 38.5 Å². The monoisotopic (exact) mass is 609 g/mol. The molecule has 6 nitrogen and oxygen atoms in total. The molecule has 0 fully saturated rings. The minimum Gasteiger partial charge on any atom is -0.436 e. The predicted octanol–water partition coefficient (Wildman–Crippen LogP) is 4.61. The summed E-state index contributed by atoms with van der Waals surface area (Å²) >= 11 is 4.77. The van der Waals surface area contributed by atoms with E-state index in [1.807, 2.05) is 22.6 Å². The first-order valence-electron chi connectivity index (χ1n) is 8.69. The van der Waals surface area contributed by atoms with Crippen LogP contribution in [0.15, 0.2) is 30.3 Å². The smallest absolute Gasteiger partial charge is 0.410 e. The number of benzene rings is 2. The minimum absolute atomic E-state index is 0.00485. The fourth-order valence-corrected chi connectivity index (χ4v) is 2.91. The van der Waals surface area contributed by atoms with Gasteiger partial charge < -0.3 is 20.3 Å². The highest BCUT2D eigenvalue weighted by Gasteiger charge is 2.20. The maximum atomic E-state index is 14.4. The molecule has 31 heavy (non-hydrogen) atoms. The Morgan fingerprint density at radius 1 is 1.19 bits per heavy atom. The van der Waals surface area contributed by atoms with Crippen molar-refractivity contribution in [1.29, 1.82) is 0 Å². The van der Waals surface area contributed by atoms with Crippen LogP contribution in [0.2, 0.25) is 0 Å². The topological polar surface area (TPSA) is 70.7 Å². The van der Waals surface area contributed by atoms with Crippen molar-refractivity contribution in [2.75, 3.05) is 32.1 Å².